The van der Waals surface area contributed by atoms with E-state index in [9.17, 15) is 9.59 Å². The first-order valence-electron chi connectivity index (χ1n) is 6.44. The third kappa shape index (κ3) is 2.93. The molecular formula is C13H16N4O3. The van der Waals surface area contributed by atoms with Crippen LogP contribution < -0.4 is 5.32 Å². The predicted molar refractivity (Wildman–Crippen MR) is 71.4 cm³/mol. The van der Waals surface area contributed by atoms with Crippen LogP contribution in [0.1, 0.15) is 36.7 Å². The lowest BCUT2D eigenvalue weighted by Crippen LogP contribution is -2.41. The molecule has 2 rings (SSSR count). The Morgan fingerprint density at radius 1 is 1.35 bits per heavy atom. The minimum atomic E-state index is -1.04. The van der Waals surface area contributed by atoms with Gasteiger partial charge in [-0.1, -0.05) is 19.8 Å². The first kappa shape index (κ1) is 14.0. The SMILES string of the molecule is CCCCC(NC(=O)c1nccn2ccnc12)C(=O)O. The molecule has 0 saturated carbocycles. The number of carboxylic acids is 1. The van der Waals surface area contributed by atoms with Crippen LogP contribution in [-0.4, -0.2) is 37.4 Å². The van der Waals surface area contributed by atoms with Crippen LogP contribution in [0.2, 0.25) is 0 Å². The average molecular weight is 276 g/mol. The molecule has 20 heavy (non-hydrogen) atoms. The summed E-state index contributed by atoms with van der Waals surface area (Å²) in [6, 6.07) is -0.903. The number of rotatable bonds is 6. The molecule has 2 heterocycles. The first-order chi connectivity index (χ1) is 9.63. The van der Waals surface area contributed by atoms with E-state index in [0.717, 1.165) is 12.8 Å². The van der Waals surface area contributed by atoms with Crippen molar-refractivity contribution in [3.8, 4) is 0 Å². The molecular weight excluding hydrogens is 260 g/mol. The summed E-state index contributed by atoms with van der Waals surface area (Å²) in [7, 11) is 0. The number of carboxylic acid groups (broad SMARTS) is 1. The molecule has 0 saturated heterocycles. The Morgan fingerprint density at radius 3 is 2.70 bits per heavy atom. The van der Waals surface area contributed by atoms with Crippen LogP contribution in [0.4, 0.5) is 0 Å². The highest BCUT2D eigenvalue weighted by atomic mass is 16.4. The minimum absolute atomic E-state index is 0.125. The Bertz CT molecular complexity index is 623. The predicted octanol–water partition coefficient (Wildman–Crippen LogP) is 1.10. The number of carbonyl (C=O) groups is 2. The molecule has 1 unspecified atom stereocenters. The quantitative estimate of drug-likeness (QED) is 0.823. The molecule has 2 N–H and O–H groups in total. The molecule has 0 aliphatic heterocycles. The van der Waals surface area contributed by atoms with Crippen LogP contribution in [-0.2, 0) is 4.79 Å². The summed E-state index contributed by atoms with van der Waals surface area (Å²) in [5.41, 5.74) is 0.532. The number of imidazole rings is 1. The van der Waals surface area contributed by atoms with E-state index in [-0.39, 0.29) is 5.69 Å². The second-order valence-corrected chi connectivity index (χ2v) is 4.44. The third-order valence-corrected chi connectivity index (χ3v) is 2.98. The van der Waals surface area contributed by atoms with Crippen molar-refractivity contribution in [1.29, 1.82) is 0 Å². The van der Waals surface area contributed by atoms with Crippen LogP contribution in [0.5, 0.6) is 0 Å². The van der Waals surface area contributed by atoms with Gasteiger partial charge in [-0.2, -0.15) is 0 Å². The summed E-state index contributed by atoms with van der Waals surface area (Å²) in [6.07, 6.45) is 8.40. The molecule has 0 bridgehead atoms. The number of carbonyl (C=O) groups excluding carboxylic acids is 1. The summed E-state index contributed by atoms with van der Waals surface area (Å²) in [4.78, 5) is 31.3. The number of nitrogens with one attached hydrogen (secondary N) is 1. The van der Waals surface area contributed by atoms with E-state index in [2.05, 4.69) is 15.3 Å². The Labute approximate surface area is 115 Å². The molecule has 1 atom stereocenters. The number of unbranched alkanes of at least 4 members (excludes halogenated alkanes) is 1. The Kier molecular flexibility index (Phi) is 4.29. The van der Waals surface area contributed by atoms with E-state index >= 15 is 0 Å². The van der Waals surface area contributed by atoms with Gasteiger partial charge >= 0.3 is 5.97 Å². The topological polar surface area (TPSA) is 96.6 Å². The molecule has 1 amide bonds. The Morgan fingerprint density at radius 2 is 2.05 bits per heavy atom. The highest BCUT2D eigenvalue weighted by molar-refractivity contribution is 5.99. The van der Waals surface area contributed by atoms with Crippen LogP contribution in [0.25, 0.3) is 5.65 Å². The van der Waals surface area contributed by atoms with E-state index in [4.69, 9.17) is 5.11 Å². The van der Waals surface area contributed by atoms with Gasteiger partial charge in [0.05, 0.1) is 0 Å². The number of amides is 1. The molecule has 2 aromatic heterocycles. The highest BCUT2D eigenvalue weighted by Crippen LogP contribution is 2.07. The van der Waals surface area contributed by atoms with Gasteiger partial charge in [0, 0.05) is 24.8 Å². The normalized spacial score (nSPS) is 12.2. The maximum absolute atomic E-state index is 12.1. The van der Waals surface area contributed by atoms with Crippen LogP contribution in [0, 0.1) is 0 Å². The van der Waals surface area contributed by atoms with Gasteiger partial charge in [-0.25, -0.2) is 14.8 Å². The molecule has 0 fully saturated rings. The number of aliphatic carboxylic acids is 1. The lowest BCUT2D eigenvalue weighted by molar-refractivity contribution is -0.139. The maximum atomic E-state index is 12.1. The van der Waals surface area contributed by atoms with Gasteiger partial charge in [-0.3, -0.25) is 4.79 Å². The number of aromatic nitrogens is 3. The molecule has 0 aliphatic rings. The largest absolute Gasteiger partial charge is 0.480 e. The fourth-order valence-corrected chi connectivity index (χ4v) is 1.91. The zero-order chi connectivity index (χ0) is 14.5. The van der Waals surface area contributed by atoms with Crippen molar-refractivity contribution in [2.24, 2.45) is 0 Å². The summed E-state index contributed by atoms with van der Waals surface area (Å²) in [5, 5.41) is 11.6. The lowest BCUT2D eigenvalue weighted by Gasteiger charge is -2.13. The van der Waals surface area contributed by atoms with E-state index < -0.39 is 17.9 Å². The van der Waals surface area contributed by atoms with E-state index in [1.165, 1.54) is 6.20 Å². The van der Waals surface area contributed by atoms with Crippen molar-refractivity contribution in [3.63, 3.8) is 0 Å². The fourth-order valence-electron chi connectivity index (χ4n) is 1.91. The average Bonchev–Trinajstić information content (AvgIpc) is 2.90. The molecule has 0 radical (unpaired) electrons. The van der Waals surface area contributed by atoms with Gasteiger partial charge in [0.15, 0.2) is 11.3 Å². The maximum Gasteiger partial charge on any atom is 0.326 e. The second kappa shape index (κ2) is 6.14. The third-order valence-electron chi connectivity index (χ3n) is 2.98. The molecule has 7 heteroatoms. The van der Waals surface area contributed by atoms with Gasteiger partial charge in [0.25, 0.3) is 5.91 Å². The molecule has 2 aromatic rings. The lowest BCUT2D eigenvalue weighted by atomic mass is 10.1. The van der Waals surface area contributed by atoms with Crippen molar-refractivity contribution < 1.29 is 14.7 Å². The highest BCUT2D eigenvalue weighted by Gasteiger charge is 2.22. The van der Waals surface area contributed by atoms with E-state index in [1.807, 2.05) is 6.92 Å². The van der Waals surface area contributed by atoms with Crippen LogP contribution >= 0.6 is 0 Å². The number of hydrogen-bond acceptors (Lipinski definition) is 4. The molecule has 0 aromatic carbocycles. The van der Waals surface area contributed by atoms with Crippen molar-refractivity contribution in [1.82, 2.24) is 19.7 Å². The zero-order valence-electron chi connectivity index (χ0n) is 11.1. The van der Waals surface area contributed by atoms with Crippen molar-refractivity contribution in [2.45, 2.75) is 32.2 Å². The Balaban J connectivity index is 2.18. The fraction of sp³-hybridized carbons (Fsp3) is 0.385. The van der Waals surface area contributed by atoms with Crippen LogP contribution in [0.3, 0.4) is 0 Å². The van der Waals surface area contributed by atoms with Crippen molar-refractivity contribution in [2.75, 3.05) is 0 Å². The molecule has 106 valence electrons. The zero-order valence-corrected chi connectivity index (χ0v) is 11.1. The molecule has 0 aliphatic carbocycles. The van der Waals surface area contributed by atoms with Gasteiger partial charge < -0.3 is 14.8 Å². The van der Waals surface area contributed by atoms with Gasteiger partial charge in [0.2, 0.25) is 0 Å². The molecule has 0 spiro atoms. The first-order valence-corrected chi connectivity index (χ1v) is 6.44. The number of fused-ring (bicyclic) bond motifs is 1. The minimum Gasteiger partial charge on any atom is -0.480 e. The number of hydrogen-bond donors (Lipinski definition) is 2. The monoisotopic (exact) mass is 276 g/mol. The van der Waals surface area contributed by atoms with Gasteiger partial charge in [-0.15, -0.1) is 0 Å². The Hall–Kier alpha value is -2.44. The van der Waals surface area contributed by atoms with E-state index in [1.54, 1.807) is 23.0 Å². The number of nitrogens with zero attached hydrogens (tertiary/aromatic N) is 3. The smallest absolute Gasteiger partial charge is 0.326 e. The summed E-state index contributed by atoms with van der Waals surface area (Å²) >= 11 is 0. The van der Waals surface area contributed by atoms with Crippen molar-refractivity contribution >= 4 is 17.5 Å². The van der Waals surface area contributed by atoms with Gasteiger partial charge in [0.1, 0.15) is 6.04 Å². The molecule has 7 nitrogen and oxygen atoms in total. The van der Waals surface area contributed by atoms with Crippen molar-refractivity contribution in [3.05, 3.63) is 30.5 Å². The summed E-state index contributed by atoms with van der Waals surface area (Å²) in [6.45, 7) is 1.97. The second-order valence-electron chi connectivity index (χ2n) is 4.44. The van der Waals surface area contributed by atoms with E-state index in [0.29, 0.717) is 12.1 Å². The summed E-state index contributed by atoms with van der Waals surface area (Å²) < 4.78 is 1.66. The van der Waals surface area contributed by atoms with Crippen LogP contribution in [0.15, 0.2) is 24.8 Å². The standard InChI is InChI=1S/C13H16N4O3/c1-2-3-4-9(13(19)20)16-12(18)10-11-15-6-8-17(11)7-5-14-10/h5-9H,2-4H2,1H3,(H,16,18)(H,19,20). The van der Waals surface area contributed by atoms with Gasteiger partial charge in [-0.05, 0) is 6.42 Å². The summed E-state index contributed by atoms with van der Waals surface area (Å²) in [5.74, 6) is -1.56.